The molecule has 9 nitrogen and oxygen atoms in total. The van der Waals surface area contributed by atoms with E-state index < -0.39 is 0 Å². The molecule has 2 amide bonds. The van der Waals surface area contributed by atoms with Crippen LogP contribution in [0.15, 0.2) is 36.5 Å². The summed E-state index contributed by atoms with van der Waals surface area (Å²) in [5, 5.41) is 15.1. The van der Waals surface area contributed by atoms with Gasteiger partial charge in [-0.25, -0.2) is 9.40 Å². The molecule has 4 rings (SSSR count). The molecule has 1 aliphatic rings. The first kappa shape index (κ1) is 26.7. The minimum Gasteiger partial charge on any atom is -0.315 e. The van der Waals surface area contributed by atoms with Gasteiger partial charge in [0.25, 0.3) is 5.91 Å². The Bertz CT molecular complexity index is 1280. The number of aromatic nitrogens is 2. The lowest BCUT2D eigenvalue weighted by atomic mass is 10.1. The zero-order valence-corrected chi connectivity index (χ0v) is 22.1. The standard InChI is InChI=1S/C27H36FN7O2/c1-5-29-9-10-34(24-13-21-14-31-35(6-2)25(21)11-19(24)3)27(37)16-30-15-26(36)32(4)33-17-20-7-8-23(28)12-22(20)18-33/h7-8,11-14,29-30H,5-6,9-10,15-18H2,1-4H3. The molecule has 1 aromatic heterocycles. The minimum atomic E-state index is -0.276. The summed E-state index contributed by atoms with van der Waals surface area (Å²) in [5.41, 5.74) is 4.78. The van der Waals surface area contributed by atoms with Gasteiger partial charge >= 0.3 is 0 Å². The summed E-state index contributed by atoms with van der Waals surface area (Å²) in [4.78, 5) is 27.9. The summed E-state index contributed by atoms with van der Waals surface area (Å²) in [6, 6.07) is 8.79. The van der Waals surface area contributed by atoms with Crippen LogP contribution in [0, 0.1) is 12.7 Å². The lowest BCUT2D eigenvalue weighted by Crippen LogP contribution is -2.47. The van der Waals surface area contributed by atoms with Crippen LogP contribution in [-0.2, 0) is 29.2 Å². The number of carbonyl (C=O) groups is 2. The third-order valence-corrected chi connectivity index (χ3v) is 6.82. The first-order valence-corrected chi connectivity index (χ1v) is 12.8. The molecule has 0 spiro atoms. The molecule has 1 aliphatic heterocycles. The maximum absolute atomic E-state index is 13.5. The fourth-order valence-electron chi connectivity index (χ4n) is 4.71. The van der Waals surface area contributed by atoms with Crippen LogP contribution in [0.1, 0.15) is 30.5 Å². The van der Waals surface area contributed by atoms with Crippen LogP contribution in [0.2, 0.25) is 0 Å². The molecule has 0 fully saturated rings. The van der Waals surface area contributed by atoms with Gasteiger partial charge in [0.15, 0.2) is 0 Å². The van der Waals surface area contributed by atoms with Gasteiger partial charge in [0.05, 0.1) is 24.8 Å². The number of halogens is 1. The molecule has 0 bridgehead atoms. The van der Waals surface area contributed by atoms with Gasteiger partial charge in [0, 0.05) is 50.8 Å². The van der Waals surface area contributed by atoms with Gasteiger partial charge < -0.3 is 10.2 Å². The average molecular weight is 510 g/mol. The van der Waals surface area contributed by atoms with E-state index in [4.69, 9.17) is 0 Å². The highest BCUT2D eigenvalue weighted by molar-refractivity contribution is 5.98. The first-order chi connectivity index (χ1) is 17.8. The summed E-state index contributed by atoms with van der Waals surface area (Å²) in [7, 11) is 1.70. The quantitative estimate of drug-likeness (QED) is 0.386. The molecule has 0 atom stereocenters. The number of hydrazine groups is 1. The van der Waals surface area contributed by atoms with Crippen LogP contribution in [0.25, 0.3) is 10.9 Å². The fraction of sp³-hybridized carbons (Fsp3) is 0.444. The number of likely N-dealkylation sites (N-methyl/N-ethyl adjacent to an activating group) is 2. The lowest BCUT2D eigenvalue weighted by Gasteiger charge is -2.28. The number of hydrogen-bond acceptors (Lipinski definition) is 6. The van der Waals surface area contributed by atoms with E-state index in [0.29, 0.717) is 26.2 Å². The maximum Gasteiger partial charge on any atom is 0.250 e. The molecule has 0 saturated carbocycles. The third kappa shape index (κ3) is 5.98. The van der Waals surface area contributed by atoms with E-state index in [1.807, 2.05) is 35.8 Å². The van der Waals surface area contributed by atoms with Crippen LogP contribution in [0.5, 0.6) is 0 Å². The van der Waals surface area contributed by atoms with E-state index >= 15 is 0 Å². The van der Waals surface area contributed by atoms with Crippen LogP contribution in [0.4, 0.5) is 10.1 Å². The third-order valence-electron chi connectivity index (χ3n) is 6.82. The van der Waals surface area contributed by atoms with Crippen molar-refractivity contribution < 1.29 is 14.0 Å². The minimum absolute atomic E-state index is 0.0196. The van der Waals surface area contributed by atoms with Gasteiger partial charge in [-0.05, 0) is 61.3 Å². The molecule has 0 radical (unpaired) electrons. The van der Waals surface area contributed by atoms with Gasteiger partial charge in [-0.3, -0.25) is 24.6 Å². The molecular formula is C27H36FN7O2. The lowest BCUT2D eigenvalue weighted by molar-refractivity contribution is -0.145. The van der Waals surface area contributed by atoms with E-state index in [1.54, 1.807) is 23.0 Å². The Morgan fingerprint density at radius 3 is 2.57 bits per heavy atom. The van der Waals surface area contributed by atoms with Gasteiger partial charge in [0.1, 0.15) is 5.82 Å². The van der Waals surface area contributed by atoms with Gasteiger partial charge in [-0.15, -0.1) is 0 Å². The molecule has 2 aromatic carbocycles. The topological polar surface area (TPSA) is 85.7 Å². The smallest absolute Gasteiger partial charge is 0.250 e. The van der Waals surface area contributed by atoms with Crippen molar-refractivity contribution in [2.75, 3.05) is 44.7 Å². The Morgan fingerprint density at radius 1 is 1.05 bits per heavy atom. The zero-order chi connectivity index (χ0) is 26.5. The Kier molecular flexibility index (Phi) is 8.52. The van der Waals surface area contributed by atoms with Crippen LogP contribution in [0.3, 0.4) is 0 Å². The second-order valence-corrected chi connectivity index (χ2v) is 9.31. The second kappa shape index (κ2) is 11.8. The van der Waals surface area contributed by atoms with Crippen molar-refractivity contribution in [3.8, 4) is 0 Å². The van der Waals surface area contributed by atoms with E-state index in [-0.39, 0.29) is 30.7 Å². The number of anilines is 1. The number of benzene rings is 2. The second-order valence-electron chi connectivity index (χ2n) is 9.31. The van der Waals surface area contributed by atoms with Crippen molar-refractivity contribution in [1.29, 1.82) is 0 Å². The molecule has 37 heavy (non-hydrogen) atoms. The number of amides is 2. The predicted molar refractivity (Wildman–Crippen MR) is 142 cm³/mol. The molecule has 10 heteroatoms. The average Bonchev–Trinajstić information content (AvgIpc) is 3.48. The van der Waals surface area contributed by atoms with Crippen molar-refractivity contribution in [1.82, 2.24) is 30.4 Å². The summed E-state index contributed by atoms with van der Waals surface area (Å²) < 4.78 is 15.5. The van der Waals surface area contributed by atoms with Crippen LogP contribution >= 0.6 is 0 Å². The fourth-order valence-corrected chi connectivity index (χ4v) is 4.71. The Morgan fingerprint density at radius 2 is 1.81 bits per heavy atom. The summed E-state index contributed by atoms with van der Waals surface area (Å²) in [6.07, 6.45) is 1.83. The van der Waals surface area contributed by atoms with Crippen LogP contribution in [-0.4, -0.2) is 71.4 Å². The van der Waals surface area contributed by atoms with Gasteiger partial charge in [-0.1, -0.05) is 13.0 Å². The Balaban J connectivity index is 1.38. The molecular weight excluding hydrogens is 473 g/mol. The van der Waals surface area contributed by atoms with Crippen LogP contribution < -0.4 is 15.5 Å². The maximum atomic E-state index is 13.5. The van der Waals surface area contributed by atoms with E-state index in [0.717, 1.165) is 46.4 Å². The molecule has 0 unspecified atom stereocenters. The normalized spacial score (nSPS) is 13.2. The molecule has 0 aliphatic carbocycles. The summed E-state index contributed by atoms with van der Waals surface area (Å²) in [6.45, 7) is 9.92. The predicted octanol–water partition coefficient (Wildman–Crippen LogP) is 2.43. The van der Waals surface area contributed by atoms with E-state index in [2.05, 4.69) is 28.7 Å². The van der Waals surface area contributed by atoms with E-state index in [9.17, 15) is 14.0 Å². The highest BCUT2D eigenvalue weighted by Crippen LogP contribution is 2.27. The van der Waals surface area contributed by atoms with Crippen molar-refractivity contribution >= 4 is 28.4 Å². The zero-order valence-electron chi connectivity index (χ0n) is 22.1. The number of rotatable bonds is 11. The van der Waals surface area contributed by atoms with Crippen molar-refractivity contribution in [3.05, 3.63) is 59.0 Å². The first-order valence-electron chi connectivity index (χ1n) is 12.8. The van der Waals surface area contributed by atoms with Crippen molar-refractivity contribution in [2.45, 2.75) is 40.4 Å². The highest BCUT2D eigenvalue weighted by Gasteiger charge is 2.26. The monoisotopic (exact) mass is 509 g/mol. The molecule has 2 heterocycles. The molecule has 3 aromatic rings. The van der Waals surface area contributed by atoms with Gasteiger partial charge in [0.2, 0.25) is 5.91 Å². The highest BCUT2D eigenvalue weighted by atomic mass is 19.1. The molecule has 198 valence electrons. The number of nitrogens with one attached hydrogen (secondary N) is 2. The molecule has 0 saturated heterocycles. The number of fused-ring (bicyclic) bond motifs is 2. The van der Waals surface area contributed by atoms with Crippen molar-refractivity contribution in [2.24, 2.45) is 0 Å². The number of nitrogens with zero attached hydrogens (tertiary/aromatic N) is 5. The number of aryl methyl sites for hydroxylation is 2. The SMILES string of the molecule is CCNCCN(C(=O)CNCC(=O)N(C)N1Cc2ccc(F)cc2C1)c1cc2cnn(CC)c2cc1C. The number of hydrogen-bond donors (Lipinski definition) is 2. The number of carbonyl (C=O) groups excluding carboxylic acids is 2. The largest absolute Gasteiger partial charge is 0.315 e. The van der Waals surface area contributed by atoms with Gasteiger partial charge in [-0.2, -0.15) is 5.10 Å². The summed E-state index contributed by atoms with van der Waals surface area (Å²) >= 11 is 0. The molecule has 2 N–H and O–H groups in total. The Labute approximate surface area is 217 Å². The Hall–Kier alpha value is -3.34. The van der Waals surface area contributed by atoms with E-state index in [1.165, 1.54) is 12.1 Å². The summed E-state index contributed by atoms with van der Waals surface area (Å²) in [5.74, 6) is -0.547. The van der Waals surface area contributed by atoms with Crippen molar-refractivity contribution in [3.63, 3.8) is 0 Å².